The number of benzene rings is 4. The van der Waals surface area contributed by atoms with Gasteiger partial charge in [0, 0.05) is 22.6 Å². The van der Waals surface area contributed by atoms with Gasteiger partial charge >= 0.3 is 0 Å². The van der Waals surface area contributed by atoms with E-state index < -0.39 is 0 Å². The van der Waals surface area contributed by atoms with Gasteiger partial charge in [-0.05, 0) is 46.5 Å². The summed E-state index contributed by atoms with van der Waals surface area (Å²) in [5, 5.41) is 8.68. The lowest BCUT2D eigenvalue weighted by atomic mass is 10.0. The average Bonchev–Trinajstić information content (AvgIpc) is 3.62. The zero-order valence-electron chi connectivity index (χ0n) is 19.1. The van der Waals surface area contributed by atoms with Gasteiger partial charge in [-0.1, -0.05) is 107 Å². The van der Waals surface area contributed by atoms with Gasteiger partial charge in [0.1, 0.15) is 0 Å². The molecule has 2 aliphatic heterocycles. The van der Waals surface area contributed by atoms with E-state index in [0.29, 0.717) is 0 Å². The molecule has 6 rings (SSSR count). The molecule has 0 bridgehead atoms. The highest BCUT2D eigenvalue weighted by atomic mass is 32.2. The molecule has 2 atom stereocenters. The Bertz CT molecular complexity index is 1240. The van der Waals surface area contributed by atoms with Crippen molar-refractivity contribution in [1.82, 2.24) is 0 Å². The maximum Gasteiger partial charge on any atom is 0.158 e. The van der Waals surface area contributed by atoms with Gasteiger partial charge < -0.3 is 9.68 Å². The lowest BCUT2D eigenvalue weighted by Gasteiger charge is -2.08. The Kier molecular flexibility index (Phi) is 6.07. The van der Waals surface area contributed by atoms with Crippen molar-refractivity contribution in [2.45, 2.75) is 34.8 Å². The molecule has 4 nitrogen and oxygen atoms in total. The summed E-state index contributed by atoms with van der Waals surface area (Å²) >= 11 is 1.74. The number of oxime groups is 2. The minimum absolute atomic E-state index is 0.00314. The quantitative estimate of drug-likeness (QED) is 0.288. The average molecular weight is 477 g/mol. The van der Waals surface area contributed by atoms with Crippen molar-refractivity contribution >= 4 is 23.2 Å². The van der Waals surface area contributed by atoms with E-state index in [-0.39, 0.29) is 12.2 Å². The molecule has 0 radical (unpaired) electrons. The smallest absolute Gasteiger partial charge is 0.158 e. The van der Waals surface area contributed by atoms with Crippen molar-refractivity contribution in [3.8, 4) is 0 Å². The third-order valence-corrected chi connectivity index (χ3v) is 7.31. The maximum absolute atomic E-state index is 5.68. The number of hydrogen-bond acceptors (Lipinski definition) is 5. The Balaban J connectivity index is 1.06. The molecule has 5 heteroatoms. The summed E-state index contributed by atoms with van der Waals surface area (Å²) in [6.45, 7) is 0. The van der Waals surface area contributed by atoms with Gasteiger partial charge in [0.15, 0.2) is 12.2 Å². The molecule has 0 N–H and O–H groups in total. The molecule has 2 unspecified atom stereocenters. The second-order valence-corrected chi connectivity index (χ2v) is 9.79. The van der Waals surface area contributed by atoms with Crippen molar-refractivity contribution in [1.29, 1.82) is 0 Å². The Hall–Kier alpha value is -3.83. The third kappa shape index (κ3) is 4.86. The Labute approximate surface area is 209 Å². The second-order valence-electron chi connectivity index (χ2n) is 8.64. The first-order valence-corrected chi connectivity index (χ1v) is 12.6. The van der Waals surface area contributed by atoms with Crippen LogP contribution in [-0.2, 0) is 9.68 Å². The maximum atomic E-state index is 5.68. The zero-order valence-corrected chi connectivity index (χ0v) is 19.9. The largest absolute Gasteiger partial charge is 0.387 e. The molecule has 2 aliphatic rings. The summed E-state index contributed by atoms with van der Waals surface area (Å²) in [6.07, 6.45) is 1.57. The molecular weight excluding hydrogens is 452 g/mol. The van der Waals surface area contributed by atoms with Crippen molar-refractivity contribution in [3.05, 3.63) is 131 Å². The monoisotopic (exact) mass is 476 g/mol. The molecule has 2 heterocycles. The highest BCUT2D eigenvalue weighted by Gasteiger charge is 2.24. The predicted octanol–water partition coefficient (Wildman–Crippen LogP) is 7.57. The van der Waals surface area contributed by atoms with Crippen LogP contribution in [0.2, 0.25) is 0 Å². The van der Waals surface area contributed by atoms with Gasteiger partial charge in [-0.2, -0.15) is 0 Å². The van der Waals surface area contributed by atoms with Gasteiger partial charge in [0.25, 0.3) is 0 Å². The predicted molar refractivity (Wildman–Crippen MR) is 140 cm³/mol. The van der Waals surface area contributed by atoms with Gasteiger partial charge in [-0.25, -0.2) is 0 Å². The molecule has 0 saturated carbocycles. The molecule has 0 spiro atoms. The number of nitrogens with zero attached hydrogens (tertiary/aromatic N) is 2. The minimum atomic E-state index is -0.00314. The molecule has 4 aromatic rings. The first-order chi connectivity index (χ1) is 17.3. The third-order valence-electron chi connectivity index (χ3n) is 6.29. The van der Waals surface area contributed by atoms with Crippen LogP contribution in [0.4, 0.5) is 0 Å². The fraction of sp³-hybridized carbons (Fsp3) is 0.133. The summed E-state index contributed by atoms with van der Waals surface area (Å²) in [5.41, 5.74) is 6.52. The molecule has 0 fully saturated rings. The molecular formula is C30H24N2O2S. The minimum Gasteiger partial charge on any atom is -0.387 e. The molecule has 0 saturated heterocycles. The molecule has 172 valence electrons. The van der Waals surface area contributed by atoms with E-state index in [4.69, 9.17) is 9.68 Å². The first kappa shape index (κ1) is 21.7. The molecule has 0 amide bonds. The highest BCUT2D eigenvalue weighted by molar-refractivity contribution is 7.99. The summed E-state index contributed by atoms with van der Waals surface area (Å²) in [5.74, 6) is 0. The van der Waals surface area contributed by atoms with Crippen LogP contribution in [0.15, 0.2) is 129 Å². The zero-order chi connectivity index (χ0) is 23.5. The van der Waals surface area contributed by atoms with Gasteiger partial charge in [-0.15, -0.1) is 0 Å². The Morgan fingerprint density at radius 2 is 0.914 bits per heavy atom. The van der Waals surface area contributed by atoms with Crippen LogP contribution in [0.25, 0.3) is 0 Å². The van der Waals surface area contributed by atoms with Crippen LogP contribution in [0.3, 0.4) is 0 Å². The van der Waals surface area contributed by atoms with E-state index in [1.165, 1.54) is 9.79 Å². The van der Waals surface area contributed by atoms with E-state index in [9.17, 15) is 0 Å². The molecule has 0 aliphatic carbocycles. The van der Waals surface area contributed by atoms with E-state index in [2.05, 4.69) is 83.1 Å². The summed E-state index contributed by atoms with van der Waals surface area (Å²) < 4.78 is 0. The van der Waals surface area contributed by atoms with Crippen LogP contribution in [0, 0.1) is 0 Å². The number of hydrogen-bond donors (Lipinski definition) is 0. The lowest BCUT2D eigenvalue weighted by molar-refractivity contribution is 0.0857. The summed E-state index contributed by atoms with van der Waals surface area (Å²) in [6, 6.07) is 37.6. The van der Waals surface area contributed by atoms with Crippen LogP contribution in [0.5, 0.6) is 0 Å². The fourth-order valence-corrected chi connectivity index (χ4v) is 5.17. The van der Waals surface area contributed by atoms with Gasteiger partial charge in [0.05, 0.1) is 11.4 Å². The van der Waals surface area contributed by atoms with Gasteiger partial charge in [-0.3, -0.25) is 0 Å². The van der Waals surface area contributed by atoms with Crippen molar-refractivity contribution < 1.29 is 9.68 Å². The first-order valence-electron chi connectivity index (χ1n) is 11.8. The second kappa shape index (κ2) is 9.80. The highest BCUT2D eigenvalue weighted by Crippen LogP contribution is 2.33. The topological polar surface area (TPSA) is 43.2 Å². The SMILES string of the molecule is c1ccc(C2CC(c3ccc(Sc4ccc(C5=NOC(c6ccccc6)C5)cc4)cc3)=NO2)cc1. The Morgan fingerprint density at radius 1 is 0.514 bits per heavy atom. The van der Waals surface area contributed by atoms with Crippen LogP contribution >= 0.6 is 11.8 Å². The lowest BCUT2D eigenvalue weighted by Crippen LogP contribution is -2.01. The standard InChI is InChI=1S/C30H24N2O2S/c1-3-7-23(8-4-1)29-19-27(31-33-29)21-11-15-25(16-12-21)35-26-17-13-22(14-18-26)28-20-30(34-32-28)24-9-5-2-6-10-24/h1-18,29-30H,19-20H2. The number of rotatable bonds is 6. The van der Waals surface area contributed by atoms with Gasteiger partial charge in [0.2, 0.25) is 0 Å². The van der Waals surface area contributed by atoms with E-state index >= 15 is 0 Å². The van der Waals surface area contributed by atoms with Crippen molar-refractivity contribution in [3.63, 3.8) is 0 Å². The van der Waals surface area contributed by atoms with Crippen LogP contribution in [-0.4, -0.2) is 11.4 Å². The molecule has 0 aromatic heterocycles. The van der Waals surface area contributed by atoms with E-state index in [1.807, 2.05) is 36.4 Å². The van der Waals surface area contributed by atoms with E-state index in [1.54, 1.807) is 11.8 Å². The molecule has 35 heavy (non-hydrogen) atoms. The van der Waals surface area contributed by atoms with Crippen molar-refractivity contribution in [2.24, 2.45) is 10.3 Å². The molecule has 4 aromatic carbocycles. The Morgan fingerprint density at radius 3 is 1.31 bits per heavy atom. The fourth-order valence-electron chi connectivity index (χ4n) is 4.36. The van der Waals surface area contributed by atoms with E-state index in [0.717, 1.165) is 46.5 Å². The summed E-state index contributed by atoms with van der Waals surface area (Å²) in [7, 11) is 0. The van der Waals surface area contributed by atoms with Crippen molar-refractivity contribution in [2.75, 3.05) is 0 Å². The van der Waals surface area contributed by atoms with Crippen LogP contribution < -0.4 is 0 Å². The summed E-state index contributed by atoms with van der Waals surface area (Å²) in [4.78, 5) is 13.7. The van der Waals surface area contributed by atoms with Crippen LogP contribution in [0.1, 0.15) is 47.3 Å². The normalized spacial score (nSPS) is 19.0.